The van der Waals surface area contributed by atoms with Gasteiger partial charge in [0.25, 0.3) is 0 Å². The summed E-state index contributed by atoms with van der Waals surface area (Å²) in [5.74, 6) is -0.779. The van der Waals surface area contributed by atoms with E-state index in [9.17, 15) is 4.79 Å². The number of nitrogens with zero attached hydrogens (tertiary/aromatic N) is 1. The molecule has 0 saturated carbocycles. The highest BCUT2D eigenvalue weighted by Gasteiger charge is 2.18. The number of benzene rings is 1. The molecule has 0 aliphatic rings. The van der Waals surface area contributed by atoms with Crippen molar-refractivity contribution in [1.29, 1.82) is 5.26 Å². The molecule has 4 heteroatoms. The molecule has 0 heterocycles. The number of hydrogen-bond donors (Lipinski definition) is 1. The number of carboxylic acids is 1. The molecule has 0 spiro atoms. The zero-order chi connectivity index (χ0) is 11.4. The summed E-state index contributed by atoms with van der Waals surface area (Å²) in [6.45, 7) is 1.81. The van der Waals surface area contributed by atoms with Gasteiger partial charge < -0.3 is 9.84 Å². The van der Waals surface area contributed by atoms with Gasteiger partial charge in [0.1, 0.15) is 11.3 Å². The molecule has 15 heavy (non-hydrogen) atoms. The van der Waals surface area contributed by atoms with Gasteiger partial charge in [-0.2, -0.15) is 5.26 Å². The molecule has 1 rings (SSSR count). The summed E-state index contributed by atoms with van der Waals surface area (Å²) >= 11 is 0. The van der Waals surface area contributed by atoms with Crippen molar-refractivity contribution in [2.45, 2.75) is 13.3 Å². The number of aromatic carboxylic acids is 1. The Morgan fingerprint density at radius 3 is 2.67 bits per heavy atom. The second-order valence-corrected chi connectivity index (χ2v) is 2.94. The van der Waals surface area contributed by atoms with Crippen molar-refractivity contribution in [3.05, 3.63) is 28.8 Å². The Hall–Kier alpha value is -2.02. The van der Waals surface area contributed by atoms with E-state index in [1.807, 2.05) is 13.0 Å². The van der Waals surface area contributed by atoms with Gasteiger partial charge in [-0.25, -0.2) is 4.79 Å². The number of rotatable bonds is 3. The highest BCUT2D eigenvalue weighted by molar-refractivity contribution is 5.93. The maximum atomic E-state index is 11.0. The molecule has 0 aromatic heterocycles. The van der Waals surface area contributed by atoms with E-state index in [0.717, 1.165) is 0 Å². The summed E-state index contributed by atoms with van der Waals surface area (Å²) in [7, 11) is 1.41. The van der Waals surface area contributed by atoms with Gasteiger partial charge >= 0.3 is 5.97 Å². The van der Waals surface area contributed by atoms with Crippen molar-refractivity contribution in [1.82, 2.24) is 0 Å². The molecule has 0 bridgehead atoms. The van der Waals surface area contributed by atoms with Gasteiger partial charge in [-0.1, -0.05) is 6.92 Å². The molecule has 0 aliphatic heterocycles. The lowest BCUT2D eigenvalue weighted by atomic mass is 9.98. The highest BCUT2D eigenvalue weighted by atomic mass is 16.5. The Bertz CT molecular complexity index is 432. The van der Waals surface area contributed by atoms with E-state index in [0.29, 0.717) is 23.3 Å². The van der Waals surface area contributed by atoms with Crippen LogP contribution in [0.5, 0.6) is 5.75 Å². The molecule has 1 aromatic rings. The predicted octanol–water partition coefficient (Wildman–Crippen LogP) is 1.83. The summed E-state index contributed by atoms with van der Waals surface area (Å²) in [5.41, 5.74) is 0.985. The normalized spacial score (nSPS) is 9.40. The van der Waals surface area contributed by atoms with Crippen LogP contribution in [-0.4, -0.2) is 18.2 Å². The van der Waals surface area contributed by atoms with Crippen molar-refractivity contribution < 1.29 is 14.6 Å². The molecule has 0 aliphatic carbocycles. The number of methoxy groups -OCH3 is 1. The first-order valence-electron chi connectivity index (χ1n) is 4.49. The molecular weight excluding hydrogens is 194 g/mol. The van der Waals surface area contributed by atoms with Crippen LogP contribution in [0.2, 0.25) is 0 Å². The summed E-state index contributed by atoms with van der Waals surface area (Å²) in [5, 5.41) is 17.9. The maximum Gasteiger partial charge on any atom is 0.339 e. The number of hydrogen-bond acceptors (Lipinski definition) is 3. The van der Waals surface area contributed by atoms with Crippen LogP contribution >= 0.6 is 0 Å². The monoisotopic (exact) mass is 205 g/mol. The predicted molar refractivity (Wildman–Crippen MR) is 54.0 cm³/mol. The molecule has 78 valence electrons. The smallest absolute Gasteiger partial charge is 0.339 e. The van der Waals surface area contributed by atoms with Crippen LogP contribution in [0.25, 0.3) is 0 Å². The summed E-state index contributed by atoms with van der Waals surface area (Å²) in [6, 6.07) is 5.05. The van der Waals surface area contributed by atoms with Crippen LogP contribution in [0, 0.1) is 11.3 Å². The van der Waals surface area contributed by atoms with Crippen LogP contribution in [-0.2, 0) is 6.42 Å². The van der Waals surface area contributed by atoms with Crippen LogP contribution in [0.3, 0.4) is 0 Å². The molecule has 0 atom stereocenters. The summed E-state index contributed by atoms with van der Waals surface area (Å²) < 4.78 is 4.96. The largest absolute Gasteiger partial charge is 0.496 e. The minimum absolute atomic E-state index is 0.0825. The lowest BCUT2D eigenvalue weighted by Gasteiger charge is -2.10. The molecule has 1 aromatic carbocycles. The Morgan fingerprint density at radius 2 is 2.27 bits per heavy atom. The number of nitriles is 1. The standard InChI is InChI=1S/C11H11NO3/c1-3-8-7(6-12)4-5-9(15-2)10(8)11(13)14/h4-5H,3H2,1-2H3,(H,13,14). The van der Waals surface area contributed by atoms with Gasteiger partial charge in [-0.3, -0.25) is 0 Å². The Labute approximate surface area is 87.7 Å². The number of carbonyl (C=O) groups is 1. The lowest BCUT2D eigenvalue weighted by Crippen LogP contribution is -2.07. The van der Waals surface area contributed by atoms with E-state index in [1.54, 1.807) is 6.07 Å². The minimum Gasteiger partial charge on any atom is -0.496 e. The molecule has 1 N–H and O–H groups in total. The first-order chi connectivity index (χ1) is 7.15. The van der Waals surface area contributed by atoms with E-state index in [-0.39, 0.29) is 5.56 Å². The lowest BCUT2D eigenvalue weighted by molar-refractivity contribution is 0.0692. The van der Waals surface area contributed by atoms with E-state index < -0.39 is 5.97 Å². The minimum atomic E-state index is -1.07. The SMILES string of the molecule is CCc1c(C#N)ccc(OC)c1C(=O)O. The molecule has 0 amide bonds. The van der Waals surface area contributed by atoms with Gasteiger partial charge in [0.2, 0.25) is 0 Å². The van der Waals surface area contributed by atoms with Crippen molar-refractivity contribution in [2.24, 2.45) is 0 Å². The van der Waals surface area contributed by atoms with Gasteiger partial charge in [0.05, 0.1) is 18.7 Å². The van der Waals surface area contributed by atoms with E-state index in [1.165, 1.54) is 13.2 Å². The topological polar surface area (TPSA) is 70.3 Å². The summed E-state index contributed by atoms with van der Waals surface area (Å²) in [6.07, 6.45) is 0.488. The third-order valence-electron chi connectivity index (χ3n) is 2.18. The molecule has 0 unspecified atom stereocenters. The molecule has 0 radical (unpaired) electrons. The maximum absolute atomic E-state index is 11.0. The Kier molecular flexibility index (Phi) is 3.29. The van der Waals surface area contributed by atoms with E-state index in [2.05, 4.69) is 0 Å². The second-order valence-electron chi connectivity index (χ2n) is 2.94. The molecule has 0 fully saturated rings. The quantitative estimate of drug-likeness (QED) is 0.817. The molecule has 4 nitrogen and oxygen atoms in total. The van der Waals surface area contributed by atoms with Crippen LogP contribution in [0.4, 0.5) is 0 Å². The Morgan fingerprint density at radius 1 is 1.60 bits per heavy atom. The van der Waals surface area contributed by atoms with Gasteiger partial charge in [0.15, 0.2) is 0 Å². The number of ether oxygens (including phenoxy) is 1. The van der Waals surface area contributed by atoms with Crippen molar-refractivity contribution in [2.75, 3.05) is 7.11 Å². The average molecular weight is 205 g/mol. The van der Waals surface area contributed by atoms with Gasteiger partial charge in [0, 0.05) is 0 Å². The van der Waals surface area contributed by atoms with E-state index >= 15 is 0 Å². The second kappa shape index (κ2) is 4.47. The zero-order valence-electron chi connectivity index (χ0n) is 8.57. The van der Waals surface area contributed by atoms with Crippen molar-refractivity contribution >= 4 is 5.97 Å². The van der Waals surface area contributed by atoms with Crippen molar-refractivity contribution in [3.8, 4) is 11.8 Å². The van der Waals surface area contributed by atoms with Crippen LogP contribution in [0.1, 0.15) is 28.4 Å². The van der Waals surface area contributed by atoms with Crippen LogP contribution in [0.15, 0.2) is 12.1 Å². The highest BCUT2D eigenvalue weighted by Crippen LogP contribution is 2.25. The first-order valence-corrected chi connectivity index (χ1v) is 4.49. The van der Waals surface area contributed by atoms with Gasteiger partial charge in [-0.15, -0.1) is 0 Å². The third kappa shape index (κ3) is 1.91. The molecule has 0 saturated heterocycles. The summed E-state index contributed by atoms with van der Waals surface area (Å²) in [4.78, 5) is 11.0. The zero-order valence-corrected chi connectivity index (χ0v) is 8.57. The average Bonchev–Trinajstić information content (AvgIpc) is 2.26. The fourth-order valence-electron chi connectivity index (χ4n) is 1.50. The Balaban J connectivity index is 3.53. The first kappa shape index (κ1) is 11.1. The third-order valence-corrected chi connectivity index (χ3v) is 2.18. The van der Waals surface area contributed by atoms with Crippen LogP contribution < -0.4 is 4.74 Å². The fourth-order valence-corrected chi connectivity index (χ4v) is 1.50. The van der Waals surface area contributed by atoms with Gasteiger partial charge in [-0.05, 0) is 24.1 Å². The molecular formula is C11H11NO3. The fraction of sp³-hybridized carbons (Fsp3) is 0.273. The van der Waals surface area contributed by atoms with Crippen molar-refractivity contribution in [3.63, 3.8) is 0 Å². The van der Waals surface area contributed by atoms with E-state index in [4.69, 9.17) is 15.1 Å². The number of carboxylic acid groups (broad SMARTS) is 1.